The van der Waals surface area contributed by atoms with Crippen LogP contribution in [-0.4, -0.2) is 43.4 Å². The van der Waals surface area contributed by atoms with Crippen LogP contribution in [0.4, 0.5) is 13.2 Å². The van der Waals surface area contributed by atoms with Crippen molar-refractivity contribution in [1.29, 1.82) is 0 Å². The van der Waals surface area contributed by atoms with E-state index < -0.39 is 30.3 Å². The summed E-state index contributed by atoms with van der Waals surface area (Å²) in [6.07, 6.45) is -5.65. The van der Waals surface area contributed by atoms with E-state index in [2.05, 4.69) is 10.2 Å². The summed E-state index contributed by atoms with van der Waals surface area (Å²) in [6, 6.07) is -1.06. The molecule has 10 heteroatoms. The van der Waals surface area contributed by atoms with Crippen LogP contribution in [0.3, 0.4) is 0 Å². The van der Waals surface area contributed by atoms with Crippen molar-refractivity contribution in [3.63, 3.8) is 0 Å². The second kappa shape index (κ2) is 6.03. The molecule has 24 heavy (non-hydrogen) atoms. The van der Waals surface area contributed by atoms with E-state index in [0.29, 0.717) is 16.4 Å². The minimum absolute atomic E-state index is 0.0180. The number of aromatic nitrogens is 2. The highest BCUT2D eigenvalue weighted by Crippen LogP contribution is 2.41. The zero-order valence-electron chi connectivity index (χ0n) is 13.6. The number of aliphatic hydroxyl groups is 1. The number of hydrogen-bond donors (Lipinski definition) is 1. The Bertz CT molecular complexity index is 701. The van der Waals surface area contributed by atoms with E-state index in [1.165, 1.54) is 11.6 Å². The van der Waals surface area contributed by atoms with Gasteiger partial charge in [0.25, 0.3) is 11.6 Å². The van der Waals surface area contributed by atoms with Crippen LogP contribution in [0.5, 0.6) is 0 Å². The van der Waals surface area contributed by atoms with E-state index in [1.807, 2.05) is 0 Å². The molecule has 1 aliphatic rings. The summed E-state index contributed by atoms with van der Waals surface area (Å²) in [5.41, 5.74) is -2.40. The van der Waals surface area contributed by atoms with Crippen LogP contribution in [0.2, 0.25) is 5.02 Å². The quantitative estimate of drug-likeness (QED) is 0.894. The Kier molecular flexibility index (Phi) is 4.71. The van der Waals surface area contributed by atoms with Gasteiger partial charge >= 0.3 is 6.18 Å². The number of carbonyl (C=O) groups excluding carboxylic acids is 1. The van der Waals surface area contributed by atoms with Gasteiger partial charge in [-0.25, -0.2) is 0 Å². The maximum Gasteiger partial charge on any atom is 0.438 e. The molecule has 2 rings (SSSR count). The molecule has 1 aliphatic heterocycles. The largest absolute Gasteiger partial charge is 0.438 e. The fraction of sp³-hybridized carbons (Fsp3) is 0.643. The Balaban J connectivity index is 2.46. The molecule has 1 N–H and O–H groups in total. The molecule has 0 fully saturated rings. The number of carbonyl (C=O) groups is 1. The van der Waals surface area contributed by atoms with Crippen LogP contribution in [0, 0.1) is 13.8 Å². The molecule has 0 saturated carbocycles. The molecule has 0 radical (unpaired) electrons. The number of amides is 1. The zero-order chi connectivity index (χ0) is 18.4. The number of aryl methyl sites for hydroxylation is 1. The molecule has 1 aromatic rings. The van der Waals surface area contributed by atoms with Gasteiger partial charge in [0.15, 0.2) is 0 Å². The van der Waals surface area contributed by atoms with Gasteiger partial charge in [0.1, 0.15) is 6.04 Å². The van der Waals surface area contributed by atoms with Gasteiger partial charge in [-0.3, -0.25) is 9.48 Å². The van der Waals surface area contributed by atoms with Crippen LogP contribution in [0.25, 0.3) is 0 Å². The number of nitrogens with zero attached hydrogens (tertiary/aromatic N) is 4. The molecule has 1 aromatic heterocycles. The van der Waals surface area contributed by atoms with E-state index >= 15 is 0 Å². The summed E-state index contributed by atoms with van der Waals surface area (Å²) in [7, 11) is 0. The monoisotopic (exact) mass is 366 g/mol. The van der Waals surface area contributed by atoms with Crippen molar-refractivity contribution >= 4 is 23.2 Å². The first-order valence-corrected chi connectivity index (χ1v) is 7.70. The van der Waals surface area contributed by atoms with Crippen LogP contribution in [0.15, 0.2) is 5.10 Å². The summed E-state index contributed by atoms with van der Waals surface area (Å²) in [4.78, 5) is 12.7. The summed E-state index contributed by atoms with van der Waals surface area (Å²) in [5, 5.41) is 18.3. The smallest absolute Gasteiger partial charge is 0.362 e. The molecule has 1 amide bonds. The Morgan fingerprint density at radius 2 is 2.00 bits per heavy atom. The summed E-state index contributed by atoms with van der Waals surface area (Å²) < 4.78 is 41.1. The molecule has 0 bridgehead atoms. The first-order valence-electron chi connectivity index (χ1n) is 7.32. The minimum Gasteiger partial charge on any atom is -0.362 e. The lowest BCUT2D eigenvalue weighted by atomic mass is 10.1. The van der Waals surface area contributed by atoms with Gasteiger partial charge < -0.3 is 5.11 Å². The normalized spacial score (nSPS) is 22.7. The van der Waals surface area contributed by atoms with Crippen molar-refractivity contribution in [1.82, 2.24) is 14.8 Å². The molecule has 0 aromatic carbocycles. The summed E-state index contributed by atoms with van der Waals surface area (Å²) >= 11 is 6.05. The van der Waals surface area contributed by atoms with E-state index in [1.54, 1.807) is 20.8 Å². The van der Waals surface area contributed by atoms with Crippen LogP contribution < -0.4 is 0 Å². The van der Waals surface area contributed by atoms with E-state index in [0.717, 1.165) is 0 Å². The molecular weight excluding hydrogens is 349 g/mol. The minimum atomic E-state index is -5.03. The molecular formula is C14H18ClF3N4O2. The topological polar surface area (TPSA) is 70.7 Å². The molecule has 2 atom stereocenters. The van der Waals surface area contributed by atoms with Gasteiger partial charge in [0.2, 0.25) is 0 Å². The van der Waals surface area contributed by atoms with Gasteiger partial charge in [-0.2, -0.15) is 28.4 Å². The van der Waals surface area contributed by atoms with Crippen LogP contribution >= 0.6 is 11.6 Å². The van der Waals surface area contributed by atoms with Gasteiger partial charge in [0.05, 0.1) is 16.4 Å². The molecule has 0 spiro atoms. The first-order chi connectivity index (χ1) is 10.9. The Morgan fingerprint density at radius 1 is 1.42 bits per heavy atom. The molecule has 6 nitrogen and oxygen atoms in total. The third-order valence-electron chi connectivity index (χ3n) is 3.99. The van der Waals surface area contributed by atoms with Gasteiger partial charge in [-0.15, -0.1) is 0 Å². The number of hydrazone groups is 1. The van der Waals surface area contributed by atoms with E-state index in [-0.39, 0.29) is 17.1 Å². The number of rotatable bonds is 3. The average molecular weight is 367 g/mol. The second-order valence-electron chi connectivity index (χ2n) is 5.83. The Hall–Kier alpha value is -1.61. The maximum atomic E-state index is 13.3. The predicted molar refractivity (Wildman–Crippen MR) is 81.6 cm³/mol. The SMILES string of the molecule is CC[C@H](C(=O)N1N=C(C)C[C@]1(O)C(F)(F)F)n1nc(C)c(Cl)c1C. The molecule has 0 saturated heterocycles. The maximum absolute atomic E-state index is 13.3. The fourth-order valence-electron chi connectivity index (χ4n) is 2.71. The number of hydrogen-bond acceptors (Lipinski definition) is 4. The summed E-state index contributed by atoms with van der Waals surface area (Å²) in [5.74, 6) is -0.989. The highest BCUT2D eigenvalue weighted by atomic mass is 35.5. The second-order valence-corrected chi connectivity index (χ2v) is 6.21. The van der Waals surface area contributed by atoms with Crippen molar-refractivity contribution in [3.8, 4) is 0 Å². The lowest BCUT2D eigenvalue weighted by Gasteiger charge is -2.34. The van der Waals surface area contributed by atoms with Gasteiger partial charge in [-0.05, 0) is 27.2 Å². The van der Waals surface area contributed by atoms with Crippen LogP contribution in [-0.2, 0) is 4.79 Å². The standard InChI is InChI=1S/C14H18ClF3N4O2/c1-5-10(21-9(4)11(15)8(3)20-21)12(23)22-13(24,14(16,17)18)6-7(2)19-22/h10,24H,5-6H2,1-4H3/t10-,13+/m1/s1. The number of alkyl halides is 3. The van der Waals surface area contributed by atoms with Crippen LogP contribution in [0.1, 0.15) is 44.1 Å². The number of halogens is 4. The molecule has 0 aliphatic carbocycles. The average Bonchev–Trinajstić information content (AvgIpc) is 2.92. The van der Waals surface area contributed by atoms with Gasteiger partial charge in [-0.1, -0.05) is 18.5 Å². The molecule has 2 heterocycles. The first kappa shape index (κ1) is 18.7. The van der Waals surface area contributed by atoms with Crippen molar-refractivity contribution in [2.24, 2.45) is 5.10 Å². The van der Waals surface area contributed by atoms with Crippen molar-refractivity contribution in [2.75, 3.05) is 0 Å². The lowest BCUT2D eigenvalue weighted by molar-refractivity contribution is -0.303. The lowest BCUT2D eigenvalue weighted by Crippen LogP contribution is -2.58. The van der Waals surface area contributed by atoms with E-state index in [4.69, 9.17) is 11.6 Å². The fourth-order valence-corrected chi connectivity index (χ4v) is 2.84. The zero-order valence-corrected chi connectivity index (χ0v) is 14.4. The molecule has 134 valence electrons. The van der Waals surface area contributed by atoms with Crippen molar-refractivity contribution in [2.45, 2.75) is 58.5 Å². The summed E-state index contributed by atoms with van der Waals surface area (Å²) in [6.45, 7) is 6.21. The van der Waals surface area contributed by atoms with Crippen molar-refractivity contribution < 1.29 is 23.1 Å². The molecule has 0 unspecified atom stereocenters. The predicted octanol–water partition coefficient (Wildman–Crippen LogP) is 2.96. The highest BCUT2D eigenvalue weighted by Gasteiger charge is 2.63. The third kappa shape index (κ3) is 2.79. The highest BCUT2D eigenvalue weighted by molar-refractivity contribution is 6.31. The van der Waals surface area contributed by atoms with Gasteiger partial charge in [0, 0.05) is 12.1 Å². The third-order valence-corrected chi connectivity index (χ3v) is 4.54. The Morgan fingerprint density at radius 3 is 2.42 bits per heavy atom. The van der Waals surface area contributed by atoms with E-state index in [9.17, 15) is 23.1 Å². The van der Waals surface area contributed by atoms with Crippen molar-refractivity contribution in [3.05, 3.63) is 16.4 Å². The Labute approximate surface area is 141 Å².